The molecule has 0 atom stereocenters. The monoisotopic (exact) mass is 223 g/mol. The fraction of sp³-hybridized carbons (Fsp3) is 0.417. The fourth-order valence-corrected chi connectivity index (χ4v) is 1.53. The van der Waals surface area contributed by atoms with Gasteiger partial charge in [0.05, 0.1) is 26.3 Å². The molecule has 4 nitrogen and oxygen atoms in total. The van der Waals surface area contributed by atoms with Gasteiger partial charge in [-0.25, -0.2) is 0 Å². The summed E-state index contributed by atoms with van der Waals surface area (Å²) in [7, 11) is 4.87. The normalized spacial score (nSPS) is 10.0. The van der Waals surface area contributed by atoms with Gasteiger partial charge in [0, 0.05) is 6.07 Å². The Morgan fingerprint density at radius 2 is 1.88 bits per heavy atom. The third kappa shape index (κ3) is 2.52. The van der Waals surface area contributed by atoms with Crippen LogP contribution in [0.25, 0.3) is 0 Å². The van der Waals surface area contributed by atoms with Gasteiger partial charge >= 0.3 is 0 Å². The Labute approximate surface area is 95.6 Å². The van der Waals surface area contributed by atoms with E-state index in [0.717, 1.165) is 11.3 Å². The number of benzene rings is 1. The molecular weight excluding hydrogens is 206 g/mol. The van der Waals surface area contributed by atoms with E-state index < -0.39 is 0 Å². The van der Waals surface area contributed by atoms with Crippen molar-refractivity contribution in [3.8, 4) is 11.5 Å². The van der Waals surface area contributed by atoms with Gasteiger partial charge in [-0.1, -0.05) is 0 Å². The zero-order valence-corrected chi connectivity index (χ0v) is 10.1. The van der Waals surface area contributed by atoms with Gasteiger partial charge in [0.15, 0.2) is 5.78 Å². The predicted octanol–water partition coefficient (Wildman–Crippen LogP) is 1.41. The summed E-state index contributed by atoms with van der Waals surface area (Å²) in [5.74, 6) is 1.27. The van der Waals surface area contributed by atoms with E-state index in [-0.39, 0.29) is 5.78 Å². The smallest absolute Gasteiger partial charge is 0.180 e. The second-order valence-corrected chi connectivity index (χ2v) is 3.48. The molecule has 1 N–H and O–H groups in total. The van der Waals surface area contributed by atoms with Crippen LogP contribution in [0.3, 0.4) is 0 Å². The first kappa shape index (κ1) is 12.5. The molecule has 0 spiro atoms. The molecule has 0 amide bonds. The van der Waals surface area contributed by atoms with Crippen molar-refractivity contribution in [2.24, 2.45) is 0 Å². The summed E-state index contributed by atoms with van der Waals surface area (Å²) in [6, 6.07) is 3.52. The van der Waals surface area contributed by atoms with Crippen molar-refractivity contribution < 1.29 is 14.3 Å². The number of carbonyl (C=O) groups is 1. The van der Waals surface area contributed by atoms with Crippen LogP contribution in [0.2, 0.25) is 0 Å². The molecule has 1 rings (SSSR count). The number of methoxy groups -OCH3 is 2. The molecule has 0 aromatic heterocycles. The second-order valence-electron chi connectivity index (χ2n) is 3.48. The molecule has 0 heterocycles. The van der Waals surface area contributed by atoms with E-state index in [4.69, 9.17) is 9.47 Å². The Hall–Kier alpha value is -1.55. The molecule has 4 heteroatoms. The van der Waals surface area contributed by atoms with Crippen molar-refractivity contribution >= 4 is 5.78 Å². The van der Waals surface area contributed by atoms with Crippen LogP contribution in [0.1, 0.15) is 15.9 Å². The van der Waals surface area contributed by atoms with Crippen molar-refractivity contribution in [2.75, 3.05) is 27.8 Å². The molecule has 0 saturated carbocycles. The van der Waals surface area contributed by atoms with Crippen LogP contribution >= 0.6 is 0 Å². The average Bonchev–Trinajstić information content (AvgIpc) is 2.29. The Morgan fingerprint density at radius 3 is 2.38 bits per heavy atom. The minimum Gasteiger partial charge on any atom is -0.496 e. The van der Waals surface area contributed by atoms with E-state index in [1.165, 1.54) is 0 Å². The van der Waals surface area contributed by atoms with Crippen LogP contribution in [0, 0.1) is 6.92 Å². The molecule has 1 aromatic carbocycles. The number of rotatable bonds is 5. The van der Waals surface area contributed by atoms with Crippen LogP contribution in [0.4, 0.5) is 0 Å². The molecular formula is C12H17NO3. The molecule has 1 aromatic rings. The van der Waals surface area contributed by atoms with E-state index in [1.807, 2.05) is 6.92 Å². The third-order valence-electron chi connectivity index (χ3n) is 2.35. The van der Waals surface area contributed by atoms with Crippen molar-refractivity contribution in [3.05, 3.63) is 23.3 Å². The number of likely N-dealkylation sites (N-methyl/N-ethyl adjacent to an activating group) is 1. The minimum atomic E-state index is 0.00473. The van der Waals surface area contributed by atoms with Gasteiger partial charge in [0.25, 0.3) is 0 Å². The lowest BCUT2D eigenvalue weighted by atomic mass is 10.1. The van der Waals surface area contributed by atoms with Gasteiger partial charge in [-0.15, -0.1) is 0 Å². The fourth-order valence-electron chi connectivity index (χ4n) is 1.53. The van der Waals surface area contributed by atoms with Gasteiger partial charge in [-0.3, -0.25) is 4.79 Å². The summed E-state index contributed by atoms with van der Waals surface area (Å²) in [5, 5.41) is 2.83. The highest BCUT2D eigenvalue weighted by atomic mass is 16.5. The molecule has 0 radical (unpaired) electrons. The number of hydrogen-bond acceptors (Lipinski definition) is 4. The molecule has 0 aliphatic heterocycles. The van der Waals surface area contributed by atoms with Crippen molar-refractivity contribution in [1.82, 2.24) is 5.32 Å². The summed E-state index contributed by atoms with van der Waals surface area (Å²) in [6.45, 7) is 2.19. The second kappa shape index (κ2) is 5.51. The first-order valence-electron chi connectivity index (χ1n) is 5.04. The van der Waals surface area contributed by atoms with E-state index >= 15 is 0 Å². The number of nitrogens with one attached hydrogen (secondary N) is 1. The molecule has 0 aliphatic rings. The van der Waals surface area contributed by atoms with Crippen molar-refractivity contribution in [1.29, 1.82) is 0 Å². The van der Waals surface area contributed by atoms with Crippen LogP contribution in [0.5, 0.6) is 11.5 Å². The predicted molar refractivity (Wildman–Crippen MR) is 62.5 cm³/mol. The zero-order chi connectivity index (χ0) is 12.1. The van der Waals surface area contributed by atoms with Crippen molar-refractivity contribution in [3.63, 3.8) is 0 Å². The van der Waals surface area contributed by atoms with Crippen LogP contribution in [-0.2, 0) is 0 Å². The maximum atomic E-state index is 11.8. The van der Waals surface area contributed by atoms with E-state index in [9.17, 15) is 4.79 Å². The van der Waals surface area contributed by atoms with Crippen molar-refractivity contribution in [2.45, 2.75) is 6.92 Å². The standard InChI is InChI=1S/C12H17NO3/c1-8-5-9(10(14)7-13-2)12(16-4)6-11(8)15-3/h5-6,13H,7H2,1-4H3. The maximum Gasteiger partial charge on any atom is 0.180 e. The van der Waals surface area contributed by atoms with E-state index in [0.29, 0.717) is 17.9 Å². The molecule has 0 aliphatic carbocycles. The lowest BCUT2D eigenvalue weighted by molar-refractivity contribution is 0.0990. The lowest BCUT2D eigenvalue weighted by Gasteiger charge is -2.12. The number of hydrogen-bond donors (Lipinski definition) is 1. The highest BCUT2D eigenvalue weighted by Gasteiger charge is 2.14. The summed E-state index contributed by atoms with van der Waals surface area (Å²) < 4.78 is 10.4. The topological polar surface area (TPSA) is 47.6 Å². The van der Waals surface area contributed by atoms with Gasteiger partial charge in [-0.2, -0.15) is 0 Å². The van der Waals surface area contributed by atoms with Gasteiger partial charge < -0.3 is 14.8 Å². The SMILES string of the molecule is CNCC(=O)c1cc(C)c(OC)cc1OC. The van der Waals surface area contributed by atoms with Gasteiger partial charge in [0.1, 0.15) is 11.5 Å². The number of ether oxygens (including phenoxy) is 2. The molecule has 88 valence electrons. The highest BCUT2D eigenvalue weighted by molar-refractivity contribution is 6.00. The van der Waals surface area contributed by atoms with Gasteiger partial charge in [0.2, 0.25) is 0 Å². The van der Waals surface area contributed by atoms with E-state index in [2.05, 4.69) is 5.32 Å². The summed E-state index contributed by atoms with van der Waals surface area (Å²) in [6.07, 6.45) is 0. The number of carbonyl (C=O) groups excluding carboxylic acids is 1. The Balaban J connectivity index is 3.17. The highest BCUT2D eigenvalue weighted by Crippen LogP contribution is 2.28. The molecule has 0 fully saturated rings. The largest absolute Gasteiger partial charge is 0.496 e. The Bertz CT molecular complexity index is 388. The quantitative estimate of drug-likeness (QED) is 0.767. The van der Waals surface area contributed by atoms with E-state index in [1.54, 1.807) is 33.4 Å². The molecule has 0 bridgehead atoms. The van der Waals surface area contributed by atoms with Crippen LogP contribution in [0.15, 0.2) is 12.1 Å². The van der Waals surface area contributed by atoms with Crippen LogP contribution in [-0.4, -0.2) is 33.6 Å². The number of Topliss-reactive ketones (excluding diaryl/α,β-unsaturated/α-hetero) is 1. The Morgan fingerprint density at radius 1 is 1.25 bits per heavy atom. The summed E-state index contributed by atoms with van der Waals surface area (Å²) in [5.41, 5.74) is 1.50. The number of ketones is 1. The molecule has 16 heavy (non-hydrogen) atoms. The first-order valence-corrected chi connectivity index (χ1v) is 5.04. The third-order valence-corrected chi connectivity index (χ3v) is 2.35. The number of aryl methyl sites for hydroxylation is 1. The summed E-state index contributed by atoms with van der Waals surface area (Å²) in [4.78, 5) is 11.8. The maximum absolute atomic E-state index is 11.8. The summed E-state index contributed by atoms with van der Waals surface area (Å²) >= 11 is 0. The molecule has 0 saturated heterocycles. The van der Waals surface area contributed by atoms with Crippen LogP contribution < -0.4 is 14.8 Å². The zero-order valence-electron chi connectivity index (χ0n) is 10.1. The first-order chi connectivity index (χ1) is 7.63. The van der Waals surface area contributed by atoms with Gasteiger partial charge in [-0.05, 0) is 25.6 Å². The molecule has 0 unspecified atom stereocenters. The average molecular weight is 223 g/mol. The minimum absolute atomic E-state index is 0.00473. The Kier molecular flexibility index (Phi) is 4.31. The lowest BCUT2D eigenvalue weighted by Crippen LogP contribution is -2.19.